The second kappa shape index (κ2) is 2.11. The lowest BCUT2D eigenvalue weighted by Crippen LogP contribution is -2.22. The highest BCUT2D eigenvalue weighted by atomic mass is 35.5. The van der Waals surface area contributed by atoms with E-state index in [2.05, 4.69) is 5.32 Å². The van der Waals surface area contributed by atoms with Gasteiger partial charge in [-0.05, 0) is 19.3 Å². The third-order valence-electron chi connectivity index (χ3n) is 2.19. The van der Waals surface area contributed by atoms with Gasteiger partial charge in [-0.1, -0.05) is 0 Å². The first kappa shape index (κ1) is 7.32. The Kier molecular flexibility index (Phi) is 1.72. The predicted molar refractivity (Wildman–Crippen MR) is 37.8 cm³/mol. The number of aliphatic hydroxyl groups excluding tert-OH is 1. The van der Waals surface area contributed by atoms with E-state index < -0.39 is 0 Å². The fraction of sp³-hybridized carbons (Fsp3) is 1.00. The largest absolute Gasteiger partial charge is 0.392 e. The first-order valence-corrected chi connectivity index (χ1v) is 3.24. The number of β-amino-alcohol motifs (C(OH)–C–C–N with tert-alkyl or cyclic N) is 1. The molecule has 2 aliphatic rings. The lowest BCUT2D eigenvalue weighted by atomic mass is 10.2. The van der Waals surface area contributed by atoms with Crippen LogP contribution in [0.2, 0.25) is 0 Å². The highest BCUT2D eigenvalue weighted by Gasteiger charge is 2.47. The number of nitrogens with one attached hydrogen (secondary N) is 1. The van der Waals surface area contributed by atoms with Crippen LogP contribution < -0.4 is 5.32 Å². The van der Waals surface area contributed by atoms with Gasteiger partial charge in [-0.2, -0.15) is 0 Å². The van der Waals surface area contributed by atoms with Gasteiger partial charge in [-0.15, -0.1) is 12.4 Å². The van der Waals surface area contributed by atoms with Crippen LogP contribution in [-0.4, -0.2) is 23.3 Å². The van der Waals surface area contributed by atoms with E-state index in [4.69, 9.17) is 5.11 Å². The van der Waals surface area contributed by atoms with E-state index >= 15 is 0 Å². The van der Waals surface area contributed by atoms with Crippen LogP contribution in [0, 0.1) is 0 Å². The molecule has 54 valence electrons. The van der Waals surface area contributed by atoms with Gasteiger partial charge < -0.3 is 10.4 Å². The van der Waals surface area contributed by atoms with Crippen LogP contribution in [0.3, 0.4) is 0 Å². The second-order valence-electron chi connectivity index (χ2n) is 3.02. The number of hydrogen-bond donors (Lipinski definition) is 2. The average molecular weight is 150 g/mol. The van der Waals surface area contributed by atoms with Crippen molar-refractivity contribution < 1.29 is 5.11 Å². The van der Waals surface area contributed by atoms with Crippen molar-refractivity contribution in [2.75, 3.05) is 6.54 Å². The SMILES string of the molecule is Cl.O[C@H]1CNC2(CC2)C1. The molecule has 0 aromatic rings. The zero-order valence-corrected chi connectivity index (χ0v) is 6.08. The van der Waals surface area contributed by atoms with Gasteiger partial charge in [0.15, 0.2) is 0 Å². The summed E-state index contributed by atoms with van der Waals surface area (Å²) in [6.45, 7) is 0.819. The molecule has 2 nitrogen and oxygen atoms in total. The van der Waals surface area contributed by atoms with Gasteiger partial charge in [-0.25, -0.2) is 0 Å². The lowest BCUT2D eigenvalue weighted by molar-refractivity contribution is 0.192. The number of hydrogen-bond acceptors (Lipinski definition) is 2. The summed E-state index contributed by atoms with van der Waals surface area (Å²) in [6, 6.07) is 0. The van der Waals surface area contributed by atoms with Crippen molar-refractivity contribution in [3.63, 3.8) is 0 Å². The van der Waals surface area contributed by atoms with Crippen LogP contribution in [0.5, 0.6) is 0 Å². The Hall–Kier alpha value is 0.210. The Morgan fingerprint density at radius 1 is 1.44 bits per heavy atom. The molecule has 0 aromatic carbocycles. The maximum atomic E-state index is 9.04. The van der Waals surface area contributed by atoms with Crippen molar-refractivity contribution in [2.24, 2.45) is 0 Å². The molecule has 1 heterocycles. The van der Waals surface area contributed by atoms with E-state index in [1.54, 1.807) is 0 Å². The molecule has 2 fully saturated rings. The molecule has 0 radical (unpaired) electrons. The molecule has 1 atom stereocenters. The molecule has 1 aliphatic carbocycles. The first-order valence-electron chi connectivity index (χ1n) is 3.24. The quantitative estimate of drug-likeness (QED) is 0.519. The van der Waals surface area contributed by atoms with Gasteiger partial charge in [0.05, 0.1) is 6.10 Å². The Morgan fingerprint density at radius 3 is 2.33 bits per heavy atom. The Balaban J connectivity index is 0.000000405. The summed E-state index contributed by atoms with van der Waals surface area (Å²) in [4.78, 5) is 0. The zero-order valence-electron chi connectivity index (χ0n) is 5.26. The van der Waals surface area contributed by atoms with Crippen molar-refractivity contribution in [3.8, 4) is 0 Å². The van der Waals surface area contributed by atoms with E-state index in [9.17, 15) is 0 Å². The minimum atomic E-state index is -0.0579. The monoisotopic (exact) mass is 149 g/mol. The fourth-order valence-electron chi connectivity index (χ4n) is 1.46. The molecule has 0 aromatic heterocycles. The molecule has 0 amide bonds. The van der Waals surface area contributed by atoms with Crippen molar-refractivity contribution in [1.82, 2.24) is 5.32 Å². The third-order valence-corrected chi connectivity index (χ3v) is 2.19. The molecular formula is C6H12ClNO. The second-order valence-corrected chi connectivity index (χ2v) is 3.02. The van der Waals surface area contributed by atoms with Gasteiger partial charge in [0, 0.05) is 12.1 Å². The number of rotatable bonds is 0. The summed E-state index contributed by atoms with van der Waals surface area (Å²) in [5.41, 5.74) is 0.416. The average Bonchev–Trinajstić information content (AvgIpc) is 2.34. The summed E-state index contributed by atoms with van der Waals surface area (Å²) >= 11 is 0. The number of aliphatic hydroxyl groups is 1. The maximum Gasteiger partial charge on any atom is 0.0682 e. The highest BCUT2D eigenvalue weighted by Crippen LogP contribution is 2.42. The number of halogens is 1. The van der Waals surface area contributed by atoms with Gasteiger partial charge in [0.2, 0.25) is 0 Å². The van der Waals surface area contributed by atoms with Crippen LogP contribution >= 0.6 is 12.4 Å². The Bertz CT molecular complexity index is 114. The van der Waals surface area contributed by atoms with Crippen molar-refractivity contribution >= 4 is 12.4 Å². The van der Waals surface area contributed by atoms with E-state index in [0.717, 1.165) is 13.0 Å². The molecule has 9 heavy (non-hydrogen) atoms. The minimum Gasteiger partial charge on any atom is -0.392 e. The van der Waals surface area contributed by atoms with E-state index in [1.807, 2.05) is 0 Å². The van der Waals surface area contributed by atoms with Crippen LogP contribution in [0.1, 0.15) is 19.3 Å². The first-order chi connectivity index (χ1) is 3.81. The lowest BCUT2D eigenvalue weighted by Gasteiger charge is -2.01. The third kappa shape index (κ3) is 1.20. The zero-order chi connectivity index (χ0) is 5.61. The van der Waals surface area contributed by atoms with Crippen molar-refractivity contribution in [1.29, 1.82) is 0 Å². The summed E-state index contributed by atoms with van der Waals surface area (Å²) < 4.78 is 0. The van der Waals surface area contributed by atoms with Crippen LogP contribution in [-0.2, 0) is 0 Å². The molecule has 0 bridgehead atoms. The molecule has 1 aliphatic heterocycles. The Labute approximate surface area is 61.0 Å². The highest BCUT2D eigenvalue weighted by molar-refractivity contribution is 5.85. The fourth-order valence-corrected chi connectivity index (χ4v) is 1.46. The molecule has 1 saturated carbocycles. The van der Waals surface area contributed by atoms with Crippen molar-refractivity contribution in [3.05, 3.63) is 0 Å². The van der Waals surface area contributed by atoms with Gasteiger partial charge in [0.1, 0.15) is 0 Å². The smallest absolute Gasteiger partial charge is 0.0682 e. The van der Waals surface area contributed by atoms with E-state index in [1.165, 1.54) is 12.8 Å². The summed E-state index contributed by atoms with van der Waals surface area (Å²) in [5.74, 6) is 0. The Morgan fingerprint density at radius 2 is 2.11 bits per heavy atom. The molecule has 0 unspecified atom stereocenters. The van der Waals surface area contributed by atoms with E-state index in [0.29, 0.717) is 5.54 Å². The van der Waals surface area contributed by atoms with Gasteiger partial charge in [0.25, 0.3) is 0 Å². The normalized spacial score (nSPS) is 36.3. The summed E-state index contributed by atoms with van der Waals surface area (Å²) in [6.07, 6.45) is 3.50. The van der Waals surface area contributed by atoms with Gasteiger partial charge in [-0.3, -0.25) is 0 Å². The molecule has 1 spiro atoms. The summed E-state index contributed by atoms with van der Waals surface area (Å²) in [5, 5.41) is 12.3. The molecule has 2 N–H and O–H groups in total. The molecular weight excluding hydrogens is 138 g/mol. The van der Waals surface area contributed by atoms with Crippen LogP contribution in [0.15, 0.2) is 0 Å². The predicted octanol–water partition coefficient (Wildman–Crippen LogP) is 0.295. The topological polar surface area (TPSA) is 32.3 Å². The van der Waals surface area contributed by atoms with E-state index in [-0.39, 0.29) is 18.5 Å². The van der Waals surface area contributed by atoms with Crippen molar-refractivity contribution in [2.45, 2.75) is 30.9 Å². The van der Waals surface area contributed by atoms with Crippen LogP contribution in [0.4, 0.5) is 0 Å². The summed E-state index contributed by atoms with van der Waals surface area (Å²) in [7, 11) is 0. The molecule has 3 heteroatoms. The minimum absolute atomic E-state index is 0. The maximum absolute atomic E-state index is 9.04. The standard InChI is InChI=1S/C6H11NO.ClH/c8-5-3-6(1-2-6)7-4-5;/h5,7-8H,1-4H2;1H/t5-;/m1./s1. The molecule has 1 saturated heterocycles. The molecule has 2 rings (SSSR count). The van der Waals surface area contributed by atoms with Crippen LogP contribution in [0.25, 0.3) is 0 Å². The van der Waals surface area contributed by atoms with Gasteiger partial charge >= 0.3 is 0 Å².